The van der Waals surface area contributed by atoms with Gasteiger partial charge in [0.15, 0.2) is 0 Å². The molecule has 1 aromatic rings. The SMILES string of the molecule is COc1ccc(C(=O)O)cc1C#CCN=[N+]=[N-]. The number of azide groups is 1. The Hall–Kier alpha value is -2.64. The summed E-state index contributed by atoms with van der Waals surface area (Å²) >= 11 is 0. The summed E-state index contributed by atoms with van der Waals surface area (Å²) in [4.78, 5) is 13.3. The number of rotatable bonds is 3. The van der Waals surface area contributed by atoms with Gasteiger partial charge in [-0.25, -0.2) is 4.79 Å². The van der Waals surface area contributed by atoms with Gasteiger partial charge in [-0.15, -0.1) is 0 Å². The molecule has 0 spiro atoms. The molecule has 0 radical (unpaired) electrons. The number of carboxylic acids is 1. The van der Waals surface area contributed by atoms with Crippen LogP contribution >= 0.6 is 0 Å². The first-order valence-electron chi connectivity index (χ1n) is 4.60. The van der Waals surface area contributed by atoms with Gasteiger partial charge in [0.05, 0.1) is 24.8 Å². The third-order valence-electron chi connectivity index (χ3n) is 1.88. The highest BCUT2D eigenvalue weighted by Gasteiger charge is 2.06. The van der Waals surface area contributed by atoms with Crippen LogP contribution < -0.4 is 4.74 Å². The predicted molar refractivity (Wildman–Crippen MR) is 60.8 cm³/mol. The molecule has 0 aliphatic heterocycles. The van der Waals surface area contributed by atoms with Crippen molar-refractivity contribution in [3.05, 3.63) is 39.8 Å². The molecule has 0 fully saturated rings. The zero-order valence-electron chi connectivity index (χ0n) is 9.04. The monoisotopic (exact) mass is 231 g/mol. The second-order valence-electron chi connectivity index (χ2n) is 2.91. The maximum absolute atomic E-state index is 10.8. The summed E-state index contributed by atoms with van der Waals surface area (Å²) in [5, 5.41) is 12.1. The van der Waals surface area contributed by atoms with E-state index in [1.807, 2.05) is 0 Å². The molecule has 0 aliphatic rings. The van der Waals surface area contributed by atoms with E-state index in [0.717, 1.165) is 0 Å². The molecule has 6 heteroatoms. The summed E-state index contributed by atoms with van der Waals surface area (Å²) in [5.74, 6) is 4.73. The van der Waals surface area contributed by atoms with Crippen LogP contribution in [-0.4, -0.2) is 24.7 Å². The van der Waals surface area contributed by atoms with Gasteiger partial charge in [-0.3, -0.25) is 0 Å². The number of hydrogen-bond acceptors (Lipinski definition) is 3. The molecule has 0 aromatic heterocycles. The van der Waals surface area contributed by atoms with Crippen LogP contribution in [0.3, 0.4) is 0 Å². The van der Waals surface area contributed by atoms with E-state index in [9.17, 15) is 4.79 Å². The normalized spacial score (nSPS) is 8.53. The number of ether oxygens (including phenoxy) is 1. The number of carboxylic acid groups (broad SMARTS) is 1. The lowest BCUT2D eigenvalue weighted by Crippen LogP contribution is -1.98. The molecule has 0 heterocycles. The van der Waals surface area contributed by atoms with Crippen molar-refractivity contribution >= 4 is 5.97 Å². The van der Waals surface area contributed by atoms with Crippen LogP contribution in [0.15, 0.2) is 23.3 Å². The molecular weight excluding hydrogens is 222 g/mol. The van der Waals surface area contributed by atoms with Crippen LogP contribution in [0.4, 0.5) is 0 Å². The average molecular weight is 231 g/mol. The van der Waals surface area contributed by atoms with Gasteiger partial charge in [0.1, 0.15) is 5.75 Å². The molecule has 0 saturated carbocycles. The van der Waals surface area contributed by atoms with E-state index in [0.29, 0.717) is 11.3 Å². The van der Waals surface area contributed by atoms with Crippen molar-refractivity contribution in [1.29, 1.82) is 0 Å². The molecule has 86 valence electrons. The van der Waals surface area contributed by atoms with Gasteiger partial charge < -0.3 is 9.84 Å². The van der Waals surface area contributed by atoms with Crippen LogP contribution in [0.5, 0.6) is 5.75 Å². The van der Waals surface area contributed by atoms with Crippen LogP contribution in [-0.2, 0) is 0 Å². The number of hydrogen-bond donors (Lipinski definition) is 1. The van der Waals surface area contributed by atoms with Crippen molar-refractivity contribution in [3.8, 4) is 17.6 Å². The Bertz CT molecular complexity index is 537. The number of carbonyl (C=O) groups is 1. The van der Waals surface area contributed by atoms with Crippen molar-refractivity contribution in [1.82, 2.24) is 0 Å². The first-order valence-corrected chi connectivity index (χ1v) is 4.60. The molecule has 6 nitrogen and oxygen atoms in total. The third kappa shape index (κ3) is 3.45. The molecular formula is C11H9N3O3. The van der Waals surface area contributed by atoms with Gasteiger partial charge >= 0.3 is 5.97 Å². The number of methoxy groups -OCH3 is 1. The summed E-state index contributed by atoms with van der Waals surface area (Å²) < 4.78 is 5.04. The minimum absolute atomic E-state index is 0.0248. The quantitative estimate of drug-likeness (QED) is 0.373. The number of nitrogens with zero attached hydrogens (tertiary/aromatic N) is 3. The van der Waals surface area contributed by atoms with Gasteiger partial charge in [0, 0.05) is 4.91 Å². The second-order valence-corrected chi connectivity index (χ2v) is 2.91. The Morgan fingerprint density at radius 1 is 1.65 bits per heavy atom. The van der Waals surface area contributed by atoms with E-state index in [1.165, 1.54) is 25.3 Å². The number of benzene rings is 1. The molecule has 0 atom stereocenters. The molecule has 0 saturated heterocycles. The lowest BCUT2D eigenvalue weighted by Gasteiger charge is -2.03. The van der Waals surface area contributed by atoms with Crippen molar-refractivity contribution in [3.63, 3.8) is 0 Å². The van der Waals surface area contributed by atoms with Crippen LogP contribution in [0.1, 0.15) is 15.9 Å². The zero-order valence-corrected chi connectivity index (χ0v) is 9.04. The van der Waals surface area contributed by atoms with Gasteiger partial charge in [-0.2, -0.15) is 0 Å². The van der Waals surface area contributed by atoms with Gasteiger partial charge in [-0.05, 0) is 23.7 Å². The summed E-state index contributed by atoms with van der Waals surface area (Å²) in [6.07, 6.45) is 0. The average Bonchev–Trinajstić information content (AvgIpc) is 2.34. The first-order chi connectivity index (χ1) is 8.19. The van der Waals surface area contributed by atoms with E-state index in [1.54, 1.807) is 0 Å². The maximum atomic E-state index is 10.8. The highest BCUT2D eigenvalue weighted by Crippen LogP contribution is 2.18. The fraction of sp³-hybridized carbons (Fsp3) is 0.182. The van der Waals surface area contributed by atoms with Crippen LogP contribution in [0.2, 0.25) is 0 Å². The van der Waals surface area contributed by atoms with E-state index in [-0.39, 0.29) is 12.1 Å². The van der Waals surface area contributed by atoms with E-state index in [4.69, 9.17) is 15.4 Å². The minimum atomic E-state index is -1.04. The highest BCUT2D eigenvalue weighted by molar-refractivity contribution is 5.88. The fourth-order valence-corrected chi connectivity index (χ4v) is 1.14. The Labute approximate surface area is 97.5 Å². The standard InChI is InChI=1S/C11H9N3O3/c1-17-10-5-4-9(11(15)16)7-8(10)3-2-6-13-14-12/h4-5,7H,6H2,1H3,(H,15,16). The van der Waals surface area contributed by atoms with Crippen molar-refractivity contribution < 1.29 is 14.6 Å². The molecule has 1 aromatic carbocycles. The first kappa shape index (κ1) is 12.4. The van der Waals surface area contributed by atoms with Crippen LogP contribution in [0, 0.1) is 11.8 Å². The van der Waals surface area contributed by atoms with Gasteiger partial charge in [0.25, 0.3) is 0 Å². The van der Waals surface area contributed by atoms with Crippen LogP contribution in [0.25, 0.3) is 10.4 Å². The Balaban J connectivity index is 3.08. The Kier molecular flexibility index (Phi) is 4.43. The molecule has 1 rings (SSSR count). The van der Waals surface area contributed by atoms with Gasteiger partial charge in [0.2, 0.25) is 0 Å². The molecule has 0 amide bonds. The third-order valence-corrected chi connectivity index (χ3v) is 1.88. The molecule has 0 bridgehead atoms. The topological polar surface area (TPSA) is 95.3 Å². The van der Waals surface area contributed by atoms with Crippen molar-refractivity contribution in [2.45, 2.75) is 0 Å². The lowest BCUT2D eigenvalue weighted by atomic mass is 10.1. The summed E-state index contributed by atoms with van der Waals surface area (Å²) in [6, 6.07) is 4.37. The zero-order chi connectivity index (χ0) is 12.7. The largest absolute Gasteiger partial charge is 0.495 e. The molecule has 0 aliphatic carbocycles. The molecule has 17 heavy (non-hydrogen) atoms. The smallest absolute Gasteiger partial charge is 0.335 e. The lowest BCUT2D eigenvalue weighted by molar-refractivity contribution is 0.0697. The Morgan fingerprint density at radius 3 is 3.00 bits per heavy atom. The van der Waals surface area contributed by atoms with E-state index < -0.39 is 5.97 Å². The second kappa shape index (κ2) is 6.05. The van der Waals surface area contributed by atoms with Crippen molar-refractivity contribution in [2.75, 3.05) is 13.7 Å². The maximum Gasteiger partial charge on any atom is 0.335 e. The summed E-state index contributed by atoms with van der Waals surface area (Å²) in [7, 11) is 1.47. The van der Waals surface area contributed by atoms with Gasteiger partial charge in [-0.1, -0.05) is 17.0 Å². The molecule has 1 N–H and O–H groups in total. The van der Waals surface area contributed by atoms with Crippen molar-refractivity contribution in [2.24, 2.45) is 5.11 Å². The minimum Gasteiger partial charge on any atom is -0.495 e. The number of aromatic carboxylic acids is 1. The Morgan fingerprint density at radius 2 is 2.41 bits per heavy atom. The van der Waals surface area contributed by atoms with E-state index >= 15 is 0 Å². The molecule has 0 unspecified atom stereocenters. The summed E-state index contributed by atoms with van der Waals surface area (Å²) in [5.41, 5.74) is 8.64. The summed E-state index contributed by atoms with van der Waals surface area (Å²) in [6.45, 7) is 0.0248. The fourth-order valence-electron chi connectivity index (χ4n) is 1.14. The highest BCUT2D eigenvalue weighted by atomic mass is 16.5. The van der Waals surface area contributed by atoms with E-state index in [2.05, 4.69) is 21.9 Å². The predicted octanol–water partition coefficient (Wildman–Crippen LogP) is 2.06.